The highest BCUT2D eigenvalue weighted by molar-refractivity contribution is 6.17. The van der Waals surface area contributed by atoms with Crippen LogP contribution in [-0.2, 0) is 29.9 Å². The van der Waals surface area contributed by atoms with E-state index in [1.807, 2.05) is 0 Å². The zero-order valence-corrected chi connectivity index (χ0v) is 23.7. The molecule has 1 aliphatic carbocycles. The van der Waals surface area contributed by atoms with Gasteiger partial charge in [0, 0.05) is 43.4 Å². The molecule has 1 aromatic carbocycles. The largest absolute Gasteiger partial charge is 0.369 e. The normalized spacial score (nSPS) is 16.2. The number of alkyl halides is 1. The molecule has 1 aromatic rings. The van der Waals surface area contributed by atoms with E-state index in [-0.39, 0.29) is 37.9 Å². The fourth-order valence-corrected chi connectivity index (χ4v) is 5.17. The molecule has 0 saturated heterocycles. The summed E-state index contributed by atoms with van der Waals surface area (Å²) in [4.78, 5) is 77.3. The van der Waals surface area contributed by atoms with Crippen LogP contribution < -0.4 is 22.1 Å². The first-order chi connectivity index (χ1) is 19.6. The van der Waals surface area contributed by atoms with Gasteiger partial charge >= 0.3 is 6.03 Å². The average Bonchev–Trinajstić information content (AvgIpc) is 3.22. The van der Waals surface area contributed by atoms with Crippen molar-refractivity contribution in [2.45, 2.75) is 63.3 Å². The van der Waals surface area contributed by atoms with Gasteiger partial charge in [0.25, 0.3) is 11.8 Å². The number of imide groups is 1. The highest BCUT2D eigenvalue weighted by Gasteiger charge is 2.52. The van der Waals surface area contributed by atoms with E-state index in [1.54, 1.807) is 24.3 Å². The van der Waals surface area contributed by atoms with E-state index in [4.69, 9.17) is 23.1 Å². The number of carbonyl (C=O) groups excluding carboxylic acids is 6. The number of nitrogens with one attached hydrogen (secondary N) is 2. The molecule has 0 bridgehead atoms. The van der Waals surface area contributed by atoms with Gasteiger partial charge in [0.2, 0.25) is 17.7 Å². The number of urea groups is 1. The molecule has 6 N–H and O–H groups in total. The lowest BCUT2D eigenvalue weighted by Crippen LogP contribution is -2.59. The van der Waals surface area contributed by atoms with Gasteiger partial charge in [-0.1, -0.05) is 18.6 Å². The van der Waals surface area contributed by atoms with Crippen molar-refractivity contribution in [1.82, 2.24) is 15.1 Å². The molecular formula is C28H37ClN6O6. The molecule has 1 aliphatic heterocycles. The molecule has 2 aliphatic rings. The van der Waals surface area contributed by atoms with Gasteiger partial charge in [-0.2, -0.15) is 0 Å². The Balaban J connectivity index is 1.77. The van der Waals surface area contributed by atoms with Crippen molar-refractivity contribution < 1.29 is 28.8 Å². The molecule has 1 fully saturated rings. The maximum absolute atomic E-state index is 13.9. The SMILES string of the molecule is NC(=O)NCCCC(C(=O)Nc1ccc(CCl)cc1)N(CCCCCN1C(=O)C=CC1=O)C(=O)C1(C(N)=O)CCC1. The van der Waals surface area contributed by atoms with E-state index < -0.39 is 35.2 Å². The van der Waals surface area contributed by atoms with Gasteiger partial charge in [-0.3, -0.25) is 28.9 Å². The van der Waals surface area contributed by atoms with Gasteiger partial charge < -0.3 is 27.0 Å². The molecule has 1 saturated carbocycles. The van der Waals surface area contributed by atoms with E-state index in [0.29, 0.717) is 56.5 Å². The highest BCUT2D eigenvalue weighted by atomic mass is 35.5. The lowest BCUT2D eigenvalue weighted by molar-refractivity contribution is -0.159. The van der Waals surface area contributed by atoms with E-state index in [1.165, 1.54) is 17.1 Å². The number of nitrogens with two attached hydrogens (primary N) is 2. The molecule has 12 nitrogen and oxygen atoms in total. The van der Waals surface area contributed by atoms with Crippen molar-refractivity contribution >= 4 is 52.9 Å². The smallest absolute Gasteiger partial charge is 0.312 e. The summed E-state index contributed by atoms with van der Waals surface area (Å²) in [6.07, 6.45) is 5.78. The average molecular weight is 589 g/mol. The second-order valence-corrected chi connectivity index (χ2v) is 10.6. The molecule has 1 atom stereocenters. The van der Waals surface area contributed by atoms with Crippen molar-refractivity contribution in [3.05, 3.63) is 42.0 Å². The fourth-order valence-electron chi connectivity index (χ4n) is 4.99. The molecule has 7 amide bonds. The topological polar surface area (TPSA) is 185 Å². The molecule has 1 unspecified atom stereocenters. The first-order valence-electron chi connectivity index (χ1n) is 13.7. The molecule has 0 spiro atoms. The van der Waals surface area contributed by atoms with Crippen LogP contribution in [0.15, 0.2) is 36.4 Å². The molecule has 41 heavy (non-hydrogen) atoms. The van der Waals surface area contributed by atoms with Crippen LogP contribution in [0.25, 0.3) is 0 Å². The number of hydrogen-bond acceptors (Lipinski definition) is 6. The van der Waals surface area contributed by atoms with Crippen molar-refractivity contribution in [2.75, 3.05) is 25.0 Å². The van der Waals surface area contributed by atoms with E-state index >= 15 is 0 Å². The quantitative estimate of drug-likeness (QED) is 0.0986. The van der Waals surface area contributed by atoms with Crippen molar-refractivity contribution in [3.8, 4) is 0 Å². The summed E-state index contributed by atoms with van der Waals surface area (Å²) in [5.74, 6) is -2.07. The van der Waals surface area contributed by atoms with Crippen LogP contribution in [-0.4, -0.2) is 71.0 Å². The molecule has 222 valence electrons. The van der Waals surface area contributed by atoms with Gasteiger partial charge in [0.1, 0.15) is 11.5 Å². The number of rotatable bonds is 16. The second kappa shape index (κ2) is 14.6. The minimum absolute atomic E-state index is 0.153. The first-order valence-corrected chi connectivity index (χ1v) is 14.3. The third-order valence-electron chi connectivity index (χ3n) is 7.54. The Kier molecular flexibility index (Phi) is 11.3. The Morgan fingerprint density at radius 1 is 0.976 bits per heavy atom. The number of anilines is 1. The third kappa shape index (κ3) is 8.06. The predicted octanol–water partition coefficient (Wildman–Crippen LogP) is 1.76. The lowest BCUT2D eigenvalue weighted by Gasteiger charge is -2.43. The monoisotopic (exact) mass is 588 g/mol. The van der Waals surface area contributed by atoms with Gasteiger partial charge in [-0.25, -0.2) is 4.79 Å². The van der Waals surface area contributed by atoms with E-state index in [9.17, 15) is 28.8 Å². The standard InChI is InChI=1S/C28H37ClN6O6/c29-18-19-7-9-20(10-8-19)33-24(38)21(6-4-15-32-27(31)41)34(26(40)28(25(30)39)13-5-14-28)16-2-1-3-17-35-22(36)11-12-23(35)37/h7-12,21H,1-6,13-18H2,(H2,30,39)(H,33,38)(H3,31,32,41). The number of halogens is 1. The Morgan fingerprint density at radius 2 is 1.63 bits per heavy atom. The van der Waals surface area contributed by atoms with E-state index in [2.05, 4.69) is 10.6 Å². The predicted molar refractivity (Wildman–Crippen MR) is 152 cm³/mol. The van der Waals surface area contributed by atoms with Gasteiger partial charge in [0.05, 0.1) is 0 Å². The second-order valence-electron chi connectivity index (χ2n) is 10.3. The Morgan fingerprint density at radius 3 is 2.17 bits per heavy atom. The number of unbranched alkanes of at least 4 members (excludes halogenated alkanes) is 2. The van der Waals surface area contributed by atoms with Gasteiger partial charge in [-0.05, 0) is 62.6 Å². The number of amides is 7. The number of benzene rings is 1. The van der Waals surface area contributed by atoms with Crippen LogP contribution in [0, 0.1) is 5.41 Å². The van der Waals surface area contributed by atoms with Crippen molar-refractivity contribution in [1.29, 1.82) is 0 Å². The number of carbonyl (C=O) groups is 6. The summed E-state index contributed by atoms with van der Waals surface area (Å²) in [6.45, 7) is 0.587. The summed E-state index contributed by atoms with van der Waals surface area (Å²) in [7, 11) is 0. The zero-order chi connectivity index (χ0) is 30.0. The number of primary amides is 2. The number of hydrogen-bond donors (Lipinski definition) is 4. The Hall–Kier alpha value is -3.93. The molecule has 13 heteroatoms. The summed E-state index contributed by atoms with van der Waals surface area (Å²) >= 11 is 5.87. The van der Waals surface area contributed by atoms with Crippen LogP contribution >= 0.6 is 11.6 Å². The maximum Gasteiger partial charge on any atom is 0.312 e. The maximum atomic E-state index is 13.9. The van der Waals surface area contributed by atoms with Crippen molar-refractivity contribution in [3.63, 3.8) is 0 Å². The molecule has 3 rings (SSSR count). The van der Waals surface area contributed by atoms with Crippen LogP contribution in [0.5, 0.6) is 0 Å². The van der Waals surface area contributed by atoms with Crippen LogP contribution in [0.4, 0.5) is 10.5 Å². The Labute approximate surface area is 243 Å². The summed E-state index contributed by atoms with van der Waals surface area (Å²) in [5, 5.41) is 5.34. The molecule has 0 radical (unpaired) electrons. The van der Waals surface area contributed by atoms with E-state index in [0.717, 1.165) is 10.5 Å². The number of nitrogens with zero attached hydrogens (tertiary/aromatic N) is 2. The van der Waals surface area contributed by atoms with Crippen LogP contribution in [0.3, 0.4) is 0 Å². The summed E-state index contributed by atoms with van der Waals surface area (Å²) in [6, 6.07) is 5.30. The summed E-state index contributed by atoms with van der Waals surface area (Å²) < 4.78 is 0. The minimum atomic E-state index is -1.37. The molecular weight excluding hydrogens is 552 g/mol. The highest BCUT2D eigenvalue weighted by Crippen LogP contribution is 2.43. The van der Waals surface area contributed by atoms with Gasteiger partial charge in [0.15, 0.2) is 0 Å². The summed E-state index contributed by atoms with van der Waals surface area (Å²) in [5.41, 5.74) is 10.9. The minimum Gasteiger partial charge on any atom is -0.369 e. The van der Waals surface area contributed by atoms with Crippen LogP contribution in [0.2, 0.25) is 0 Å². The molecule has 0 aromatic heterocycles. The Bertz CT molecular complexity index is 1170. The van der Waals surface area contributed by atoms with Crippen molar-refractivity contribution in [2.24, 2.45) is 16.9 Å². The van der Waals surface area contributed by atoms with Crippen LogP contribution in [0.1, 0.15) is 56.9 Å². The lowest BCUT2D eigenvalue weighted by atomic mass is 9.67. The molecule has 1 heterocycles. The third-order valence-corrected chi connectivity index (χ3v) is 7.85. The fraction of sp³-hybridized carbons (Fsp3) is 0.500. The zero-order valence-electron chi connectivity index (χ0n) is 22.9. The van der Waals surface area contributed by atoms with Gasteiger partial charge in [-0.15, -0.1) is 11.6 Å². The first kappa shape index (κ1) is 31.6.